The Hall–Kier alpha value is -3.43. The number of methoxy groups -OCH3 is 1. The van der Waals surface area contributed by atoms with Crippen LogP contribution in [0.5, 0.6) is 0 Å². The van der Waals surface area contributed by atoms with E-state index in [-0.39, 0.29) is 25.7 Å². The third-order valence-electron chi connectivity index (χ3n) is 6.31. The first-order chi connectivity index (χ1) is 16.3. The van der Waals surface area contributed by atoms with Gasteiger partial charge in [0.2, 0.25) is 5.91 Å². The van der Waals surface area contributed by atoms with E-state index in [9.17, 15) is 19.5 Å². The topological polar surface area (TPSA) is 123 Å². The van der Waals surface area contributed by atoms with Gasteiger partial charge in [0.25, 0.3) is 0 Å². The van der Waals surface area contributed by atoms with Crippen molar-refractivity contribution >= 4 is 18.0 Å². The van der Waals surface area contributed by atoms with Gasteiger partial charge in [-0.3, -0.25) is 4.79 Å². The van der Waals surface area contributed by atoms with E-state index >= 15 is 0 Å². The van der Waals surface area contributed by atoms with Gasteiger partial charge in [-0.05, 0) is 35.6 Å². The van der Waals surface area contributed by atoms with Crippen LogP contribution in [0.25, 0.3) is 11.1 Å². The molecule has 3 atom stereocenters. The van der Waals surface area contributed by atoms with E-state index in [0.717, 1.165) is 22.3 Å². The van der Waals surface area contributed by atoms with Gasteiger partial charge in [0.1, 0.15) is 12.1 Å². The lowest BCUT2D eigenvalue weighted by Crippen LogP contribution is -2.62. The predicted molar refractivity (Wildman–Crippen MR) is 122 cm³/mol. The van der Waals surface area contributed by atoms with E-state index in [1.807, 2.05) is 48.5 Å². The molecule has 1 aliphatic carbocycles. The number of nitrogens with one attached hydrogen (secondary N) is 2. The Morgan fingerprint density at radius 3 is 2.29 bits per heavy atom. The smallest absolute Gasteiger partial charge is 0.408 e. The highest BCUT2D eigenvalue weighted by molar-refractivity contribution is 5.90. The lowest BCUT2D eigenvalue weighted by Gasteiger charge is -2.30. The summed E-state index contributed by atoms with van der Waals surface area (Å²) in [7, 11) is 1.41. The monoisotopic (exact) mass is 468 g/mol. The molecule has 1 aliphatic heterocycles. The number of benzene rings is 2. The van der Waals surface area contributed by atoms with Gasteiger partial charge >= 0.3 is 12.1 Å². The van der Waals surface area contributed by atoms with E-state index in [0.29, 0.717) is 6.42 Å². The molecular formula is C25H28N2O7. The number of hydrogen-bond acceptors (Lipinski definition) is 6. The molecule has 0 aromatic heterocycles. The highest BCUT2D eigenvalue weighted by Gasteiger charge is 2.41. The van der Waals surface area contributed by atoms with Gasteiger partial charge in [-0.15, -0.1) is 0 Å². The maximum Gasteiger partial charge on any atom is 0.408 e. The number of alkyl carbamates (subject to hydrolysis) is 1. The van der Waals surface area contributed by atoms with E-state index < -0.39 is 35.7 Å². The van der Waals surface area contributed by atoms with Gasteiger partial charge in [0.15, 0.2) is 6.10 Å². The average molecular weight is 469 g/mol. The molecule has 9 heteroatoms. The number of carbonyl (C=O) groups is 3. The summed E-state index contributed by atoms with van der Waals surface area (Å²) < 4.78 is 15.9. The molecule has 1 heterocycles. The standard InChI is InChI=1S/C25H28N2O7/c1-25(14-32-2,23(30)26-20-11-12-33-21(20)22(28)29)27-24(31)34-13-19-17-9-5-3-7-15(17)16-8-4-6-10-18(16)19/h3-10,19-21H,11-14H2,1-2H3,(H,26,30)(H,27,31)(H,28,29)/t20-,21+,25?/m1/s1. The minimum atomic E-state index is -1.47. The molecule has 0 spiro atoms. The number of aliphatic carboxylic acids is 1. The number of carbonyl (C=O) groups excluding carboxylic acids is 2. The van der Waals surface area contributed by atoms with Crippen molar-refractivity contribution in [1.29, 1.82) is 0 Å². The van der Waals surface area contributed by atoms with E-state index in [1.165, 1.54) is 14.0 Å². The zero-order valence-corrected chi connectivity index (χ0v) is 19.1. The average Bonchev–Trinajstić information content (AvgIpc) is 3.40. The molecule has 3 N–H and O–H groups in total. The molecule has 180 valence electrons. The summed E-state index contributed by atoms with van der Waals surface area (Å²) in [5.41, 5.74) is 2.91. The number of hydrogen-bond donors (Lipinski definition) is 3. The maximum absolute atomic E-state index is 13.0. The Balaban J connectivity index is 1.42. The quantitative estimate of drug-likeness (QED) is 0.543. The lowest BCUT2D eigenvalue weighted by molar-refractivity contribution is -0.148. The van der Waals surface area contributed by atoms with Crippen LogP contribution >= 0.6 is 0 Å². The summed E-state index contributed by atoms with van der Waals surface area (Å²) in [6.07, 6.45) is -1.55. The second kappa shape index (κ2) is 9.82. The number of carboxylic acids is 1. The highest BCUT2D eigenvalue weighted by atomic mass is 16.6. The zero-order chi connectivity index (χ0) is 24.3. The summed E-state index contributed by atoms with van der Waals surface area (Å²) in [4.78, 5) is 37.1. The summed E-state index contributed by atoms with van der Waals surface area (Å²) in [6, 6.07) is 15.3. The molecule has 1 unspecified atom stereocenters. The fraction of sp³-hybridized carbons (Fsp3) is 0.400. The third-order valence-corrected chi connectivity index (χ3v) is 6.31. The molecule has 34 heavy (non-hydrogen) atoms. The molecule has 9 nitrogen and oxygen atoms in total. The Morgan fingerprint density at radius 1 is 1.09 bits per heavy atom. The van der Waals surface area contributed by atoms with Gasteiger partial charge in [-0.2, -0.15) is 0 Å². The summed E-state index contributed by atoms with van der Waals surface area (Å²) >= 11 is 0. The van der Waals surface area contributed by atoms with Gasteiger partial charge in [-0.1, -0.05) is 48.5 Å². The highest BCUT2D eigenvalue weighted by Crippen LogP contribution is 2.44. The first-order valence-corrected chi connectivity index (χ1v) is 11.1. The van der Waals surface area contributed by atoms with Crippen molar-refractivity contribution in [3.05, 3.63) is 59.7 Å². The molecule has 0 bridgehead atoms. The van der Waals surface area contributed by atoms with Crippen LogP contribution in [-0.2, 0) is 23.8 Å². The van der Waals surface area contributed by atoms with Gasteiger partial charge in [0, 0.05) is 19.6 Å². The molecule has 2 aromatic rings. The fourth-order valence-corrected chi connectivity index (χ4v) is 4.62. The molecule has 0 saturated carbocycles. The van der Waals surface area contributed by atoms with Crippen molar-refractivity contribution in [2.75, 3.05) is 26.9 Å². The van der Waals surface area contributed by atoms with Crippen LogP contribution < -0.4 is 10.6 Å². The van der Waals surface area contributed by atoms with Crippen LogP contribution in [-0.4, -0.2) is 67.7 Å². The van der Waals surface area contributed by atoms with Crippen LogP contribution in [0.3, 0.4) is 0 Å². The maximum atomic E-state index is 13.0. The first kappa shape index (κ1) is 23.7. The number of carboxylic acid groups (broad SMARTS) is 1. The SMILES string of the molecule is COCC(C)(NC(=O)OCC1c2ccccc2-c2ccccc21)C(=O)N[C@@H]1CCO[C@@H]1C(=O)O. The van der Waals surface area contributed by atoms with E-state index in [2.05, 4.69) is 10.6 Å². The Morgan fingerprint density at radius 2 is 1.71 bits per heavy atom. The summed E-state index contributed by atoms with van der Waals surface area (Å²) in [5.74, 6) is -1.85. The number of ether oxygens (including phenoxy) is 3. The van der Waals surface area contributed by atoms with Gasteiger partial charge in [0.05, 0.1) is 12.6 Å². The Labute approximate surface area is 197 Å². The molecule has 0 radical (unpaired) electrons. The molecule has 2 aromatic carbocycles. The number of amides is 2. The minimum Gasteiger partial charge on any atom is -0.479 e. The second-order valence-electron chi connectivity index (χ2n) is 8.71. The van der Waals surface area contributed by atoms with Crippen molar-refractivity contribution in [3.8, 4) is 11.1 Å². The van der Waals surface area contributed by atoms with Crippen molar-refractivity contribution < 1.29 is 33.7 Å². The second-order valence-corrected chi connectivity index (χ2v) is 8.71. The molecular weight excluding hydrogens is 440 g/mol. The molecule has 1 saturated heterocycles. The van der Waals surface area contributed by atoms with E-state index in [4.69, 9.17) is 14.2 Å². The predicted octanol–water partition coefficient (Wildman–Crippen LogP) is 2.29. The molecule has 4 rings (SSSR count). The molecule has 1 fully saturated rings. The van der Waals surface area contributed by atoms with Crippen molar-refractivity contribution in [1.82, 2.24) is 10.6 Å². The van der Waals surface area contributed by atoms with Crippen molar-refractivity contribution in [3.63, 3.8) is 0 Å². The van der Waals surface area contributed by atoms with Crippen LogP contribution in [0.15, 0.2) is 48.5 Å². The fourth-order valence-electron chi connectivity index (χ4n) is 4.62. The molecule has 2 aliphatic rings. The summed E-state index contributed by atoms with van der Waals surface area (Å²) in [5, 5.41) is 14.5. The van der Waals surface area contributed by atoms with Crippen molar-refractivity contribution in [2.24, 2.45) is 0 Å². The van der Waals surface area contributed by atoms with Crippen molar-refractivity contribution in [2.45, 2.75) is 36.9 Å². The normalized spacial score (nSPS) is 20.6. The Kier molecular flexibility index (Phi) is 6.85. The number of fused-ring (bicyclic) bond motifs is 3. The van der Waals surface area contributed by atoms with E-state index in [1.54, 1.807) is 0 Å². The van der Waals surface area contributed by atoms with Gasteiger partial charge < -0.3 is 30.0 Å². The van der Waals surface area contributed by atoms with Crippen LogP contribution in [0, 0.1) is 0 Å². The van der Waals surface area contributed by atoms with Gasteiger partial charge in [-0.25, -0.2) is 9.59 Å². The molecule has 2 amide bonds. The first-order valence-electron chi connectivity index (χ1n) is 11.1. The Bertz CT molecular complexity index is 1040. The van der Waals surface area contributed by atoms with Crippen LogP contribution in [0.1, 0.15) is 30.4 Å². The number of rotatable bonds is 8. The lowest BCUT2D eigenvalue weighted by atomic mass is 9.98. The van der Waals surface area contributed by atoms with Crippen LogP contribution in [0.4, 0.5) is 4.79 Å². The minimum absolute atomic E-state index is 0.0993. The van der Waals surface area contributed by atoms with Crippen LogP contribution in [0.2, 0.25) is 0 Å². The third kappa shape index (κ3) is 4.62. The zero-order valence-electron chi connectivity index (χ0n) is 19.1. The largest absolute Gasteiger partial charge is 0.479 e. The summed E-state index contributed by atoms with van der Waals surface area (Å²) in [6.45, 7) is 1.69.